The second kappa shape index (κ2) is 4.58. The van der Waals surface area contributed by atoms with Gasteiger partial charge in [0.2, 0.25) is 0 Å². The highest BCUT2D eigenvalue weighted by Gasteiger charge is 2.03. The zero-order chi connectivity index (χ0) is 12.5. The topological polar surface area (TPSA) is 4.93 Å². The SMILES string of the molecule is Fc1cccc(Cn2ccc3cc(Br)ccc32)c1. The van der Waals surface area contributed by atoms with Crippen molar-refractivity contribution in [2.45, 2.75) is 6.54 Å². The standard InChI is InChI=1S/C15H11BrFN/c16-13-4-5-15-12(9-13)6-7-18(15)10-11-2-1-3-14(17)8-11/h1-9H,10H2. The fourth-order valence-corrected chi connectivity index (χ4v) is 2.52. The quantitative estimate of drug-likeness (QED) is 0.652. The summed E-state index contributed by atoms with van der Waals surface area (Å²) >= 11 is 3.46. The number of halogens is 2. The van der Waals surface area contributed by atoms with Crippen molar-refractivity contribution in [2.75, 3.05) is 0 Å². The van der Waals surface area contributed by atoms with E-state index >= 15 is 0 Å². The lowest BCUT2D eigenvalue weighted by atomic mass is 10.2. The Labute approximate surface area is 113 Å². The summed E-state index contributed by atoms with van der Waals surface area (Å²) in [4.78, 5) is 0. The number of rotatable bonds is 2. The van der Waals surface area contributed by atoms with Crippen molar-refractivity contribution in [2.24, 2.45) is 0 Å². The fourth-order valence-electron chi connectivity index (χ4n) is 2.14. The Balaban J connectivity index is 2.00. The summed E-state index contributed by atoms with van der Waals surface area (Å²) in [6.07, 6.45) is 2.03. The molecular weight excluding hydrogens is 293 g/mol. The van der Waals surface area contributed by atoms with Gasteiger partial charge < -0.3 is 4.57 Å². The Morgan fingerprint density at radius 3 is 2.78 bits per heavy atom. The molecule has 0 aliphatic carbocycles. The molecular formula is C15H11BrFN. The molecule has 0 aliphatic rings. The number of nitrogens with zero attached hydrogens (tertiary/aromatic N) is 1. The third-order valence-corrected chi connectivity index (χ3v) is 3.47. The first kappa shape index (κ1) is 11.5. The van der Waals surface area contributed by atoms with Crippen LogP contribution in [0.4, 0.5) is 4.39 Å². The van der Waals surface area contributed by atoms with Crippen LogP contribution in [0, 0.1) is 5.82 Å². The molecule has 0 fully saturated rings. The molecule has 90 valence electrons. The van der Waals surface area contributed by atoms with Crippen LogP contribution in [-0.4, -0.2) is 4.57 Å². The number of aromatic nitrogens is 1. The lowest BCUT2D eigenvalue weighted by molar-refractivity contribution is 0.624. The Morgan fingerprint density at radius 1 is 1.06 bits per heavy atom. The molecule has 1 heterocycles. The number of hydrogen-bond donors (Lipinski definition) is 0. The van der Waals surface area contributed by atoms with Crippen molar-refractivity contribution in [1.82, 2.24) is 4.57 Å². The molecule has 2 aromatic carbocycles. The van der Waals surface area contributed by atoms with Crippen LogP contribution in [0.15, 0.2) is 59.2 Å². The number of benzene rings is 2. The number of hydrogen-bond acceptors (Lipinski definition) is 0. The van der Waals surface area contributed by atoms with Gasteiger partial charge in [0, 0.05) is 28.1 Å². The van der Waals surface area contributed by atoms with Crippen LogP contribution in [0.2, 0.25) is 0 Å². The van der Waals surface area contributed by atoms with Gasteiger partial charge >= 0.3 is 0 Å². The van der Waals surface area contributed by atoms with E-state index in [0.29, 0.717) is 6.54 Å². The molecule has 0 saturated heterocycles. The summed E-state index contributed by atoms with van der Waals surface area (Å²) < 4.78 is 16.3. The van der Waals surface area contributed by atoms with Crippen molar-refractivity contribution in [1.29, 1.82) is 0 Å². The second-order valence-electron chi connectivity index (χ2n) is 4.28. The van der Waals surface area contributed by atoms with Crippen LogP contribution in [0.3, 0.4) is 0 Å². The van der Waals surface area contributed by atoms with Gasteiger partial charge in [-0.3, -0.25) is 0 Å². The van der Waals surface area contributed by atoms with E-state index in [1.807, 2.05) is 18.3 Å². The van der Waals surface area contributed by atoms with Gasteiger partial charge in [0.1, 0.15) is 5.82 Å². The molecule has 0 amide bonds. The van der Waals surface area contributed by atoms with Crippen molar-refractivity contribution in [3.8, 4) is 0 Å². The Kier molecular flexibility index (Phi) is 2.92. The predicted molar refractivity (Wildman–Crippen MR) is 75.1 cm³/mol. The molecule has 0 saturated carbocycles. The van der Waals surface area contributed by atoms with Crippen LogP contribution in [0.25, 0.3) is 10.9 Å². The van der Waals surface area contributed by atoms with Crippen LogP contribution >= 0.6 is 15.9 Å². The minimum atomic E-state index is -0.188. The first-order chi connectivity index (χ1) is 8.72. The first-order valence-corrected chi connectivity index (χ1v) is 6.50. The minimum Gasteiger partial charge on any atom is -0.343 e. The maximum absolute atomic E-state index is 13.1. The van der Waals surface area contributed by atoms with Crippen LogP contribution < -0.4 is 0 Å². The highest BCUT2D eigenvalue weighted by Crippen LogP contribution is 2.21. The molecule has 0 radical (unpaired) electrons. The zero-order valence-corrected chi connectivity index (χ0v) is 11.2. The number of fused-ring (bicyclic) bond motifs is 1. The summed E-state index contributed by atoms with van der Waals surface area (Å²) in [5.74, 6) is -0.188. The minimum absolute atomic E-state index is 0.188. The molecule has 0 spiro atoms. The van der Waals surface area contributed by atoms with Gasteiger partial charge in [-0.25, -0.2) is 4.39 Å². The molecule has 0 aliphatic heterocycles. The van der Waals surface area contributed by atoms with Crippen molar-refractivity contribution in [3.05, 3.63) is 70.6 Å². The van der Waals surface area contributed by atoms with Crippen LogP contribution in [-0.2, 0) is 6.54 Å². The Morgan fingerprint density at radius 2 is 1.94 bits per heavy atom. The van der Waals surface area contributed by atoms with E-state index in [1.165, 1.54) is 11.5 Å². The van der Waals surface area contributed by atoms with E-state index < -0.39 is 0 Å². The summed E-state index contributed by atoms with van der Waals surface area (Å²) in [6.45, 7) is 0.683. The van der Waals surface area contributed by atoms with Crippen LogP contribution in [0.5, 0.6) is 0 Å². The van der Waals surface area contributed by atoms with Gasteiger partial charge in [0.05, 0.1) is 0 Å². The van der Waals surface area contributed by atoms with E-state index in [4.69, 9.17) is 0 Å². The first-order valence-electron chi connectivity index (χ1n) is 5.71. The summed E-state index contributed by atoms with van der Waals surface area (Å²) in [6, 6.07) is 15.0. The lowest BCUT2D eigenvalue weighted by Gasteiger charge is -2.06. The van der Waals surface area contributed by atoms with Gasteiger partial charge in [0.15, 0.2) is 0 Å². The van der Waals surface area contributed by atoms with E-state index in [2.05, 4.69) is 38.7 Å². The lowest BCUT2D eigenvalue weighted by Crippen LogP contribution is -1.97. The van der Waals surface area contributed by atoms with E-state index in [0.717, 1.165) is 15.6 Å². The van der Waals surface area contributed by atoms with Gasteiger partial charge in [0.25, 0.3) is 0 Å². The average molecular weight is 304 g/mol. The van der Waals surface area contributed by atoms with E-state index in [1.54, 1.807) is 12.1 Å². The molecule has 18 heavy (non-hydrogen) atoms. The zero-order valence-electron chi connectivity index (χ0n) is 9.61. The van der Waals surface area contributed by atoms with Gasteiger partial charge in [-0.1, -0.05) is 28.1 Å². The Bertz CT molecular complexity index is 703. The van der Waals surface area contributed by atoms with Gasteiger partial charge in [-0.05, 0) is 42.0 Å². The summed E-state index contributed by atoms with van der Waals surface area (Å²) in [7, 11) is 0. The van der Waals surface area contributed by atoms with Crippen molar-refractivity contribution >= 4 is 26.8 Å². The Hall–Kier alpha value is -1.61. The second-order valence-corrected chi connectivity index (χ2v) is 5.19. The average Bonchev–Trinajstić information content (AvgIpc) is 2.72. The molecule has 3 rings (SSSR count). The van der Waals surface area contributed by atoms with Crippen LogP contribution in [0.1, 0.15) is 5.56 Å². The molecule has 3 heteroatoms. The fraction of sp³-hybridized carbons (Fsp3) is 0.0667. The largest absolute Gasteiger partial charge is 0.343 e. The van der Waals surface area contributed by atoms with E-state index in [9.17, 15) is 4.39 Å². The normalized spacial score (nSPS) is 11.0. The molecule has 3 aromatic rings. The highest BCUT2D eigenvalue weighted by atomic mass is 79.9. The smallest absolute Gasteiger partial charge is 0.123 e. The van der Waals surface area contributed by atoms with Crippen molar-refractivity contribution in [3.63, 3.8) is 0 Å². The highest BCUT2D eigenvalue weighted by molar-refractivity contribution is 9.10. The molecule has 0 N–H and O–H groups in total. The van der Waals surface area contributed by atoms with Gasteiger partial charge in [-0.2, -0.15) is 0 Å². The molecule has 1 aromatic heterocycles. The predicted octanol–water partition coefficient (Wildman–Crippen LogP) is 4.59. The third kappa shape index (κ3) is 2.18. The monoisotopic (exact) mass is 303 g/mol. The maximum atomic E-state index is 13.1. The third-order valence-electron chi connectivity index (χ3n) is 2.97. The molecule has 0 bridgehead atoms. The van der Waals surface area contributed by atoms with E-state index in [-0.39, 0.29) is 5.82 Å². The summed E-state index contributed by atoms with van der Waals surface area (Å²) in [5.41, 5.74) is 2.12. The summed E-state index contributed by atoms with van der Waals surface area (Å²) in [5, 5.41) is 1.18. The molecule has 1 nitrogen and oxygen atoms in total. The molecule has 0 unspecified atom stereocenters. The van der Waals surface area contributed by atoms with Gasteiger partial charge in [-0.15, -0.1) is 0 Å². The van der Waals surface area contributed by atoms with Crippen molar-refractivity contribution < 1.29 is 4.39 Å². The molecule has 0 atom stereocenters. The maximum Gasteiger partial charge on any atom is 0.123 e.